The number of thioether (sulfide) groups is 1. The zero-order valence-corrected chi connectivity index (χ0v) is 14.2. The van der Waals surface area contributed by atoms with Crippen molar-refractivity contribution in [1.82, 2.24) is 10.3 Å². The lowest BCUT2D eigenvalue weighted by molar-refractivity contribution is -0.122. The fourth-order valence-corrected chi connectivity index (χ4v) is 3.23. The molecule has 0 heterocycles. The van der Waals surface area contributed by atoms with Crippen LogP contribution in [-0.4, -0.2) is 35.9 Å². The van der Waals surface area contributed by atoms with E-state index in [0.29, 0.717) is 6.04 Å². The Balaban J connectivity index is 2.68. The van der Waals surface area contributed by atoms with Gasteiger partial charge < -0.3 is 0 Å². The molecule has 1 rings (SSSR count). The highest BCUT2D eigenvalue weighted by molar-refractivity contribution is 7.98. The molecular weight excluding hydrogens is 282 g/mol. The van der Waals surface area contributed by atoms with E-state index >= 15 is 0 Å². The average molecular weight is 309 g/mol. The topological polar surface area (TPSA) is 58.4 Å². The predicted molar refractivity (Wildman–Crippen MR) is 91.1 cm³/mol. The van der Waals surface area contributed by atoms with Crippen LogP contribution < -0.4 is 11.3 Å². The van der Waals surface area contributed by atoms with Crippen molar-refractivity contribution < 1.29 is 4.79 Å². The van der Waals surface area contributed by atoms with E-state index in [1.165, 1.54) is 5.56 Å². The van der Waals surface area contributed by atoms with Crippen LogP contribution in [0.4, 0.5) is 0 Å². The summed E-state index contributed by atoms with van der Waals surface area (Å²) in [6.07, 6.45) is 3.30. The van der Waals surface area contributed by atoms with Crippen LogP contribution in [0.2, 0.25) is 0 Å². The molecule has 0 fully saturated rings. The van der Waals surface area contributed by atoms with Crippen LogP contribution in [0.25, 0.3) is 0 Å². The maximum absolute atomic E-state index is 11.5. The van der Waals surface area contributed by atoms with Crippen molar-refractivity contribution in [2.24, 2.45) is 5.84 Å². The number of hydrogen-bond acceptors (Lipinski definition) is 4. The first-order valence-corrected chi connectivity index (χ1v) is 8.71. The molecule has 21 heavy (non-hydrogen) atoms. The van der Waals surface area contributed by atoms with Gasteiger partial charge in [-0.25, -0.2) is 5.84 Å². The lowest BCUT2D eigenvalue weighted by Crippen LogP contribution is -2.33. The number of hydrazine groups is 1. The molecule has 0 radical (unpaired) electrons. The summed E-state index contributed by atoms with van der Waals surface area (Å²) in [6, 6.07) is 8.81. The smallest absolute Gasteiger partial charge is 0.241 e. The second kappa shape index (κ2) is 9.07. The summed E-state index contributed by atoms with van der Waals surface area (Å²) in [6.45, 7) is 5.01. The molecule has 4 nitrogen and oxygen atoms in total. The first kappa shape index (κ1) is 18.0. The molecule has 1 aromatic rings. The highest BCUT2D eigenvalue weighted by Crippen LogP contribution is 2.18. The van der Waals surface area contributed by atoms with Crippen molar-refractivity contribution >= 4 is 17.7 Å². The van der Waals surface area contributed by atoms with E-state index in [0.717, 1.165) is 24.3 Å². The summed E-state index contributed by atoms with van der Waals surface area (Å²) in [5.41, 5.74) is 4.45. The van der Waals surface area contributed by atoms with Crippen LogP contribution in [0.1, 0.15) is 37.3 Å². The van der Waals surface area contributed by atoms with Crippen LogP contribution in [0.15, 0.2) is 24.3 Å². The third-order valence-corrected chi connectivity index (χ3v) is 4.62. The number of nitrogens with one attached hydrogen (secondary N) is 1. The van der Waals surface area contributed by atoms with E-state index in [1.54, 1.807) is 0 Å². The van der Waals surface area contributed by atoms with Crippen molar-refractivity contribution in [3.63, 3.8) is 0 Å². The highest BCUT2D eigenvalue weighted by atomic mass is 32.2. The quantitative estimate of drug-likeness (QED) is 0.440. The van der Waals surface area contributed by atoms with E-state index in [9.17, 15) is 4.79 Å². The molecule has 0 aliphatic heterocycles. The van der Waals surface area contributed by atoms with E-state index in [4.69, 9.17) is 5.84 Å². The fraction of sp³-hybridized carbons (Fsp3) is 0.562. The van der Waals surface area contributed by atoms with Crippen LogP contribution in [0.3, 0.4) is 0 Å². The highest BCUT2D eigenvalue weighted by Gasteiger charge is 2.15. The van der Waals surface area contributed by atoms with Gasteiger partial charge in [-0.3, -0.25) is 15.1 Å². The monoisotopic (exact) mass is 309 g/mol. The molecule has 0 aromatic heterocycles. The van der Waals surface area contributed by atoms with Crippen molar-refractivity contribution in [2.45, 2.75) is 38.8 Å². The summed E-state index contributed by atoms with van der Waals surface area (Å²) >= 11 is 1.89. The molecule has 2 unspecified atom stereocenters. The lowest BCUT2D eigenvalue weighted by Gasteiger charge is -2.26. The van der Waals surface area contributed by atoms with Crippen molar-refractivity contribution in [3.05, 3.63) is 35.4 Å². The molecule has 5 heteroatoms. The average Bonchev–Trinajstić information content (AvgIpc) is 2.51. The summed E-state index contributed by atoms with van der Waals surface area (Å²) in [7, 11) is 2.17. The van der Waals surface area contributed by atoms with Crippen LogP contribution in [0, 0.1) is 0 Å². The van der Waals surface area contributed by atoms with Gasteiger partial charge in [-0.1, -0.05) is 31.2 Å². The number of nitrogens with two attached hydrogens (primary N) is 1. The van der Waals surface area contributed by atoms with Gasteiger partial charge in [-0.05, 0) is 37.8 Å². The molecule has 0 bridgehead atoms. The van der Waals surface area contributed by atoms with Gasteiger partial charge in [0.25, 0.3) is 0 Å². The SMILES string of the molecule is CCC(CSC)N(C)Cc1ccc(C(C)C(=O)NN)cc1. The van der Waals surface area contributed by atoms with Crippen molar-refractivity contribution in [1.29, 1.82) is 0 Å². The summed E-state index contributed by atoms with van der Waals surface area (Å²) in [5, 5.41) is 0. The molecule has 0 spiro atoms. The number of benzene rings is 1. The molecule has 118 valence electrons. The molecule has 0 aliphatic carbocycles. The van der Waals surface area contributed by atoms with E-state index in [2.05, 4.69) is 42.7 Å². The van der Waals surface area contributed by atoms with Gasteiger partial charge in [-0.2, -0.15) is 11.8 Å². The molecule has 0 saturated heterocycles. The van der Waals surface area contributed by atoms with Gasteiger partial charge in [0, 0.05) is 18.3 Å². The van der Waals surface area contributed by atoms with Gasteiger partial charge in [0.1, 0.15) is 0 Å². The Hall–Kier alpha value is -1.04. The number of nitrogens with zero attached hydrogens (tertiary/aromatic N) is 1. The summed E-state index contributed by atoms with van der Waals surface area (Å²) in [4.78, 5) is 13.9. The van der Waals surface area contributed by atoms with E-state index in [-0.39, 0.29) is 11.8 Å². The molecular formula is C16H27N3OS. The fourth-order valence-electron chi connectivity index (χ4n) is 2.35. The molecule has 1 aromatic carbocycles. The number of carbonyl (C=O) groups excluding carboxylic acids is 1. The Bertz CT molecular complexity index is 436. The number of amides is 1. The van der Waals surface area contributed by atoms with Gasteiger partial charge in [0.2, 0.25) is 5.91 Å². The van der Waals surface area contributed by atoms with Crippen molar-refractivity contribution in [2.75, 3.05) is 19.1 Å². The normalized spacial score (nSPS) is 14.0. The Labute approximate surface area is 132 Å². The first-order valence-electron chi connectivity index (χ1n) is 7.31. The standard InChI is InChI=1S/C16H27N3OS/c1-5-15(11-21-4)19(3)10-13-6-8-14(9-7-13)12(2)16(20)18-17/h6-9,12,15H,5,10-11,17H2,1-4H3,(H,18,20). The summed E-state index contributed by atoms with van der Waals surface area (Å²) < 4.78 is 0. The van der Waals surface area contributed by atoms with E-state index < -0.39 is 0 Å². The maximum Gasteiger partial charge on any atom is 0.241 e. The third-order valence-electron chi connectivity index (χ3n) is 3.90. The third kappa shape index (κ3) is 5.34. The minimum atomic E-state index is -0.221. The Kier molecular flexibility index (Phi) is 7.78. The van der Waals surface area contributed by atoms with Gasteiger partial charge in [0.05, 0.1) is 5.92 Å². The predicted octanol–water partition coefficient (Wildman–Crippen LogP) is 2.35. The Morgan fingerprint density at radius 3 is 2.48 bits per heavy atom. The minimum Gasteiger partial charge on any atom is -0.298 e. The second-order valence-corrected chi connectivity index (χ2v) is 6.32. The molecule has 2 atom stereocenters. The minimum absolute atomic E-state index is 0.161. The van der Waals surface area contributed by atoms with E-state index in [1.807, 2.05) is 30.8 Å². The van der Waals surface area contributed by atoms with Gasteiger partial charge in [-0.15, -0.1) is 0 Å². The number of carbonyl (C=O) groups is 1. The Morgan fingerprint density at radius 2 is 2.00 bits per heavy atom. The largest absolute Gasteiger partial charge is 0.298 e. The second-order valence-electron chi connectivity index (χ2n) is 5.40. The van der Waals surface area contributed by atoms with Crippen LogP contribution in [0.5, 0.6) is 0 Å². The number of rotatable bonds is 8. The summed E-state index contributed by atoms with van der Waals surface area (Å²) in [5.74, 6) is 5.94. The zero-order valence-electron chi connectivity index (χ0n) is 13.4. The van der Waals surface area contributed by atoms with Crippen LogP contribution in [-0.2, 0) is 11.3 Å². The van der Waals surface area contributed by atoms with Crippen LogP contribution >= 0.6 is 11.8 Å². The zero-order chi connectivity index (χ0) is 15.8. The van der Waals surface area contributed by atoms with Crippen molar-refractivity contribution in [3.8, 4) is 0 Å². The maximum atomic E-state index is 11.5. The molecule has 3 N–H and O–H groups in total. The first-order chi connectivity index (χ1) is 10.0. The van der Waals surface area contributed by atoms with Gasteiger partial charge >= 0.3 is 0 Å². The lowest BCUT2D eigenvalue weighted by atomic mass is 9.99. The number of hydrogen-bond donors (Lipinski definition) is 2. The molecule has 1 amide bonds. The Morgan fingerprint density at radius 1 is 1.38 bits per heavy atom. The molecule has 0 saturated carbocycles. The molecule has 0 aliphatic rings. The van der Waals surface area contributed by atoms with Gasteiger partial charge in [0.15, 0.2) is 0 Å².